The lowest BCUT2D eigenvalue weighted by atomic mass is 9.58. The van der Waals surface area contributed by atoms with Crippen LogP contribution < -0.4 is 5.32 Å². The van der Waals surface area contributed by atoms with Gasteiger partial charge in [0.05, 0.1) is 19.9 Å². The van der Waals surface area contributed by atoms with Gasteiger partial charge < -0.3 is 29.2 Å². The Balaban J connectivity index is 1.19. The summed E-state index contributed by atoms with van der Waals surface area (Å²) in [4.78, 5) is 56.2. The predicted octanol–water partition coefficient (Wildman–Crippen LogP) is 2.14. The second kappa shape index (κ2) is 10.6. The topological polar surface area (TPSA) is 147 Å². The Labute approximate surface area is 221 Å². The molecule has 9 atom stereocenters. The molecule has 5 fully saturated rings. The summed E-state index contributed by atoms with van der Waals surface area (Å²) < 4.78 is 23.1. The van der Waals surface area contributed by atoms with Crippen LogP contribution in [0.1, 0.15) is 65.0 Å². The molecule has 5 heterocycles. The average molecular weight is 536 g/mol. The van der Waals surface area contributed by atoms with E-state index in [4.69, 9.17) is 28.7 Å². The Kier molecular flexibility index (Phi) is 7.51. The van der Waals surface area contributed by atoms with E-state index in [-0.39, 0.29) is 37.0 Å². The number of esters is 2. The number of carbonyl (C=O) groups excluding carboxylic acids is 3. The summed E-state index contributed by atoms with van der Waals surface area (Å²) in [5.41, 5.74) is -0.0775. The van der Waals surface area contributed by atoms with Crippen molar-refractivity contribution in [1.82, 2.24) is 15.3 Å². The minimum absolute atomic E-state index is 0.0227. The molecule has 1 spiro atoms. The first kappa shape index (κ1) is 27.0. The van der Waals surface area contributed by atoms with Crippen LogP contribution in [-0.4, -0.2) is 64.9 Å². The SMILES string of the molecule is COC(=O)C(Cc1cnc[nH]1)NC(=O)CCC(=O)OC1OC2OC3(C)CCC4C(C)CCC(C1C)C24OO3. The van der Waals surface area contributed by atoms with Crippen LogP contribution in [0, 0.1) is 23.7 Å². The number of methoxy groups -OCH3 is 1. The summed E-state index contributed by atoms with van der Waals surface area (Å²) in [7, 11) is 1.25. The van der Waals surface area contributed by atoms with Crippen LogP contribution in [0.3, 0.4) is 0 Å². The van der Waals surface area contributed by atoms with Gasteiger partial charge in [-0.3, -0.25) is 9.59 Å². The summed E-state index contributed by atoms with van der Waals surface area (Å²) in [5, 5.41) is 2.62. The lowest BCUT2D eigenvalue weighted by Crippen LogP contribution is -2.70. The van der Waals surface area contributed by atoms with Gasteiger partial charge in [-0.25, -0.2) is 19.6 Å². The predicted molar refractivity (Wildman–Crippen MR) is 128 cm³/mol. The molecule has 5 aliphatic rings. The highest BCUT2D eigenvalue weighted by Gasteiger charge is 2.69. The molecule has 12 heteroatoms. The van der Waals surface area contributed by atoms with Crippen LogP contribution in [0.4, 0.5) is 0 Å². The fraction of sp³-hybridized carbons (Fsp3) is 0.769. The van der Waals surface area contributed by atoms with Gasteiger partial charge in [-0.15, -0.1) is 0 Å². The Morgan fingerprint density at radius 2 is 2.00 bits per heavy atom. The summed E-state index contributed by atoms with van der Waals surface area (Å²) >= 11 is 0. The Morgan fingerprint density at radius 1 is 1.18 bits per heavy atom. The maximum absolute atomic E-state index is 12.8. The minimum atomic E-state index is -0.920. The van der Waals surface area contributed by atoms with Crippen molar-refractivity contribution in [3.05, 3.63) is 18.2 Å². The smallest absolute Gasteiger partial charge is 0.328 e. The quantitative estimate of drug-likeness (QED) is 0.375. The molecule has 4 aliphatic heterocycles. The summed E-state index contributed by atoms with van der Waals surface area (Å²) in [5.74, 6) is -2.05. The van der Waals surface area contributed by atoms with Crippen LogP contribution in [0.15, 0.2) is 12.5 Å². The van der Waals surface area contributed by atoms with Gasteiger partial charge in [0.1, 0.15) is 6.04 Å². The van der Waals surface area contributed by atoms with E-state index in [1.807, 2.05) is 13.8 Å². The van der Waals surface area contributed by atoms with E-state index in [2.05, 4.69) is 22.2 Å². The highest BCUT2D eigenvalue weighted by atomic mass is 17.3. The van der Waals surface area contributed by atoms with Crippen molar-refractivity contribution in [1.29, 1.82) is 0 Å². The number of imidazole rings is 1. The monoisotopic (exact) mass is 535 g/mol. The number of nitrogens with one attached hydrogen (secondary N) is 2. The molecule has 4 saturated heterocycles. The number of amides is 1. The van der Waals surface area contributed by atoms with Gasteiger partial charge in [0.25, 0.3) is 0 Å². The molecule has 0 aromatic carbocycles. The third-order valence-electron chi connectivity index (χ3n) is 8.70. The van der Waals surface area contributed by atoms with Crippen LogP contribution >= 0.6 is 0 Å². The Hall–Kier alpha value is -2.54. The second-order valence-corrected chi connectivity index (χ2v) is 11.2. The average Bonchev–Trinajstić information content (AvgIpc) is 3.30. The van der Waals surface area contributed by atoms with Gasteiger partial charge in [0.15, 0.2) is 11.9 Å². The maximum atomic E-state index is 12.8. The molecule has 1 saturated carbocycles. The molecule has 38 heavy (non-hydrogen) atoms. The number of carbonyl (C=O) groups is 3. The van der Waals surface area contributed by atoms with Crippen LogP contribution in [0.25, 0.3) is 0 Å². The maximum Gasteiger partial charge on any atom is 0.328 e. The molecule has 0 radical (unpaired) electrons. The summed E-state index contributed by atoms with van der Waals surface area (Å²) in [6, 6.07) is -0.908. The molecule has 2 bridgehead atoms. The van der Waals surface area contributed by atoms with Gasteiger partial charge in [-0.05, 0) is 38.0 Å². The van der Waals surface area contributed by atoms with Gasteiger partial charge in [0.2, 0.25) is 18.0 Å². The van der Waals surface area contributed by atoms with Crippen molar-refractivity contribution in [2.24, 2.45) is 23.7 Å². The fourth-order valence-corrected chi connectivity index (χ4v) is 6.63. The molecule has 1 amide bonds. The molecule has 9 unspecified atom stereocenters. The van der Waals surface area contributed by atoms with E-state index in [0.29, 0.717) is 18.0 Å². The molecular formula is C26H37N3O9. The molecule has 1 aromatic rings. The van der Waals surface area contributed by atoms with Gasteiger partial charge in [-0.2, -0.15) is 0 Å². The van der Waals surface area contributed by atoms with Crippen molar-refractivity contribution in [2.75, 3.05) is 7.11 Å². The standard InChI is InChI=1S/C26H37N3O9/c1-14-5-6-18-15(2)23(35-24-26(18)17(14)9-10-25(3,36-24)37-38-26)34-21(31)8-7-20(30)29-19(22(32)33-4)11-16-12-27-13-28-16/h12-15,17-19,23-24H,5-11H2,1-4H3,(H,27,28)(H,29,30). The number of ether oxygens (including phenoxy) is 4. The van der Waals surface area contributed by atoms with Crippen molar-refractivity contribution in [3.8, 4) is 0 Å². The van der Waals surface area contributed by atoms with Gasteiger partial charge >= 0.3 is 11.9 Å². The molecule has 6 rings (SSSR count). The number of H-pyrrole nitrogens is 1. The number of aromatic amines is 1. The third-order valence-corrected chi connectivity index (χ3v) is 8.70. The summed E-state index contributed by atoms with van der Waals surface area (Å²) in [6.07, 6.45) is 4.86. The largest absolute Gasteiger partial charge is 0.467 e. The molecule has 2 N–H and O–H groups in total. The van der Waals surface area contributed by atoms with Crippen molar-refractivity contribution < 1.29 is 43.1 Å². The zero-order valence-corrected chi connectivity index (χ0v) is 22.3. The van der Waals surface area contributed by atoms with Gasteiger partial charge in [0, 0.05) is 43.0 Å². The zero-order valence-electron chi connectivity index (χ0n) is 22.3. The van der Waals surface area contributed by atoms with Crippen molar-refractivity contribution >= 4 is 17.8 Å². The van der Waals surface area contributed by atoms with E-state index in [9.17, 15) is 14.4 Å². The molecule has 210 valence electrons. The summed E-state index contributed by atoms with van der Waals surface area (Å²) in [6.45, 7) is 6.07. The van der Waals surface area contributed by atoms with Crippen molar-refractivity contribution in [3.63, 3.8) is 0 Å². The first-order valence-electron chi connectivity index (χ1n) is 13.4. The second-order valence-electron chi connectivity index (χ2n) is 11.2. The van der Waals surface area contributed by atoms with Gasteiger partial charge in [-0.1, -0.05) is 13.8 Å². The first-order valence-corrected chi connectivity index (χ1v) is 13.4. The normalized spacial score (nSPS) is 38.4. The third kappa shape index (κ3) is 4.94. The van der Waals surface area contributed by atoms with E-state index >= 15 is 0 Å². The Morgan fingerprint density at radius 3 is 2.74 bits per heavy atom. The molecule has 1 aliphatic carbocycles. The number of rotatable bonds is 8. The lowest BCUT2D eigenvalue weighted by Gasteiger charge is -2.59. The number of hydrogen-bond donors (Lipinski definition) is 2. The number of hydrogen-bond acceptors (Lipinski definition) is 10. The number of aromatic nitrogens is 2. The van der Waals surface area contributed by atoms with Crippen molar-refractivity contribution in [2.45, 2.75) is 95.7 Å². The van der Waals surface area contributed by atoms with E-state index in [0.717, 1.165) is 19.3 Å². The number of nitrogens with zero attached hydrogens (tertiary/aromatic N) is 1. The minimum Gasteiger partial charge on any atom is -0.467 e. The first-order chi connectivity index (χ1) is 18.1. The zero-order chi connectivity index (χ0) is 27.1. The Bertz CT molecular complexity index is 1040. The van der Waals surface area contributed by atoms with E-state index in [1.165, 1.54) is 13.4 Å². The molecule has 12 nitrogen and oxygen atoms in total. The van der Waals surface area contributed by atoms with E-state index in [1.54, 1.807) is 6.20 Å². The van der Waals surface area contributed by atoms with E-state index < -0.39 is 47.9 Å². The van der Waals surface area contributed by atoms with Crippen LogP contribution in [-0.2, 0) is 49.5 Å². The van der Waals surface area contributed by atoms with Crippen LogP contribution in [0.2, 0.25) is 0 Å². The highest BCUT2D eigenvalue weighted by Crippen LogP contribution is 2.60. The lowest BCUT2D eigenvalue weighted by molar-refractivity contribution is -0.576. The fourth-order valence-electron chi connectivity index (χ4n) is 6.63. The number of fused-ring (bicyclic) bond motifs is 2. The molecular weight excluding hydrogens is 498 g/mol. The molecule has 1 aromatic heterocycles. The van der Waals surface area contributed by atoms with Crippen LogP contribution in [0.5, 0.6) is 0 Å². The highest BCUT2D eigenvalue weighted by molar-refractivity contribution is 5.86.